The van der Waals surface area contributed by atoms with Crippen molar-refractivity contribution in [3.63, 3.8) is 0 Å². The molecule has 0 radical (unpaired) electrons. The minimum absolute atomic E-state index is 0.142. The predicted octanol–water partition coefficient (Wildman–Crippen LogP) is 1.42. The Bertz CT molecular complexity index is 423. The first-order valence-corrected chi connectivity index (χ1v) is 4.47. The normalized spacial score (nSPS) is 9.06. The van der Waals surface area contributed by atoms with Crippen molar-refractivity contribution < 1.29 is 19.0 Å². The molecule has 0 unspecified atom stereocenters. The highest BCUT2D eigenvalue weighted by Gasteiger charge is 2.12. The number of hydrogen-bond donors (Lipinski definition) is 0. The van der Waals surface area contributed by atoms with Crippen LogP contribution in [0.4, 0.5) is 0 Å². The molecule has 0 aliphatic heterocycles. The van der Waals surface area contributed by atoms with E-state index in [0.29, 0.717) is 17.8 Å². The Morgan fingerprint density at radius 3 is 2.50 bits per heavy atom. The lowest BCUT2D eigenvalue weighted by Crippen LogP contribution is -2.00. The Labute approximate surface area is 93.2 Å². The Morgan fingerprint density at radius 2 is 2.00 bits per heavy atom. The van der Waals surface area contributed by atoms with Gasteiger partial charge in [-0.2, -0.15) is 5.26 Å². The molecule has 5 nitrogen and oxygen atoms in total. The highest BCUT2D eigenvalue weighted by Crippen LogP contribution is 2.32. The molecule has 0 heterocycles. The summed E-state index contributed by atoms with van der Waals surface area (Å²) in [5.74, 6) is 1.12. The van der Waals surface area contributed by atoms with Gasteiger partial charge in [0, 0.05) is 12.1 Å². The van der Waals surface area contributed by atoms with Gasteiger partial charge in [-0.3, -0.25) is 4.79 Å². The summed E-state index contributed by atoms with van der Waals surface area (Å²) in [6.45, 7) is -0.142. The number of hydrogen-bond acceptors (Lipinski definition) is 5. The van der Waals surface area contributed by atoms with Gasteiger partial charge in [0.2, 0.25) is 0 Å². The van der Waals surface area contributed by atoms with Gasteiger partial charge in [0.25, 0.3) is 0 Å². The maximum atomic E-state index is 10.9. The van der Waals surface area contributed by atoms with Crippen molar-refractivity contribution in [1.82, 2.24) is 0 Å². The number of benzene rings is 1. The van der Waals surface area contributed by atoms with Crippen LogP contribution in [0.2, 0.25) is 0 Å². The summed E-state index contributed by atoms with van der Waals surface area (Å²) in [6.07, 6.45) is 0.616. The van der Waals surface area contributed by atoms with Crippen LogP contribution in [0.15, 0.2) is 12.1 Å². The van der Waals surface area contributed by atoms with Gasteiger partial charge in [-0.15, -0.1) is 0 Å². The molecule has 1 rings (SSSR count). The fourth-order valence-electron chi connectivity index (χ4n) is 1.21. The van der Waals surface area contributed by atoms with Crippen molar-refractivity contribution in [3.05, 3.63) is 17.7 Å². The average Bonchev–Trinajstić information content (AvgIpc) is 2.34. The molecule has 84 valence electrons. The van der Waals surface area contributed by atoms with Gasteiger partial charge in [-0.1, -0.05) is 0 Å². The van der Waals surface area contributed by atoms with E-state index < -0.39 is 0 Å². The zero-order chi connectivity index (χ0) is 12.0. The smallest absolute Gasteiger partial charge is 0.174 e. The highest BCUT2D eigenvalue weighted by molar-refractivity contribution is 5.84. The van der Waals surface area contributed by atoms with Crippen LogP contribution >= 0.6 is 0 Å². The summed E-state index contributed by atoms with van der Waals surface area (Å²) in [7, 11) is 2.93. The molecule has 0 atom stereocenters. The number of carbonyl (C=O) groups excluding carboxylic acids is 1. The third kappa shape index (κ3) is 2.42. The SMILES string of the molecule is COc1cc(OC)c(C=O)c(OCC#N)c1. The Morgan fingerprint density at radius 1 is 1.31 bits per heavy atom. The Hall–Kier alpha value is -2.22. The molecule has 0 spiro atoms. The second kappa shape index (κ2) is 5.61. The lowest BCUT2D eigenvalue weighted by molar-refractivity contribution is 0.111. The number of ether oxygens (including phenoxy) is 3. The van der Waals surface area contributed by atoms with Crippen LogP contribution in [0, 0.1) is 11.3 Å². The van der Waals surface area contributed by atoms with Crippen LogP contribution in [0.25, 0.3) is 0 Å². The van der Waals surface area contributed by atoms with Gasteiger partial charge < -0.3 is 14.2 Å². The van der Waals surface area contributed by atoms with Gasteiger partial charge in [0.15, 0.2) is 12.9 Å². The Balaban J connectivity index is 3.20. The Kier molecular flexibility index (Phi) is 4.16. The van der Waals surface area contributed by atoms with Crippen LogP contribution in [0.1, 0.15) is 10.4 Å². The summed E-state index contributed by atoms with van der Waals surface area (Å²) in [5.41, 5.74) is 0.263. The number of rotatable bonds is 5. The van der Waals surface area contributed by atoms with E-state index in [0.717, 1.165) is 0 Å². The zero-order valence-corrected chi connectivity index (χ0v) is 9.02. The van der Waals surface area contributed by atoms with Gasteiger partial charge in [0.05, 0.1) is 19.8 Å². The van der Waals surface area contributed by atoms with Crippen LogP contribution in [0.3, 0.4) is 0 Å². The first-order chi connectivity index (χ1) is 7.76. The van der Waals surface area contributed by atoms with E-state index in [1.807, 2.05) is 6.07 Å². The average molecular weight is 221 g/mol. The topological polar surface area (TPSA) is 68.6 Å². The molecule has 0 N–H and O–H groups in total. The molecule has 1 aromatic carbocycles. The van der Waals surface area contributed by atoms with Crippen LogP contribution in [-0.4, -0.2) is 27.1 Å². The fourth-order valence-corrected chi connectivity index (χ4v) is 1.21. The molecule has 0 aliphatic rings. The summed E-state index contributed by atoms with van der Waals surface area (Å²) < 4.78 is 15.2. The van der Waals surface area contributed by atoms with Crippen molar-refractivity contribution in [1.29, 1.82) is 5.26 Å². The molecule has 1 aromatic rings. The third-order valence-electron chi connectivity index (χ3n) is 1.94. The largest absolute Gasteiger partial charge is 0.496 e. The van der Waals surface area contributed by atoms with E-state index in [2.05, 4.69) is 0 Å². The minimum Gasteiger partial charge on any atom is -0.496 e. The minimum atomic E-state index is -0.142. The summed E-state index contributed by atoms with van der Waals surface area (Å²) in [4.78, 5) is 10.9. The van der Waals surface area contributed by atoms with Gasteiger partial charge in [0.1, 0.15) is 23.3 Å². The molecule has 0 aromatic heterocycles. The van der Waals surface area contributed by atoms with Crippen LogP contribution in [-0.2, 0) is 0 Å². The molecule has 0 saturated heterocycles. The molecule has 0 saturated carbocycles. The molecule has 16 heavy (non-hydrogen) atoms. The van der Waals surface area contributed by atoms with E-state index in [-0.39, 0.29) is 17.9 Å². The monoisotopic (exact) mass is 221 g/mol. The second-order valence-corrected chi connectivity index (χ2v) is 2.81. The molecule has 0 fully saturated rings. The second-order valence-electron chi connectivity index (χ2n) is 2.81. The number of nitriles is 1. The van der Waals surface area contributed by atoms with E-state index in [1.165, 1.54) is 20.3 Å². The van der Waals surface area contributed by atoms with Crippen LogP contribution < -0.4 is 14.2 Å². The van der Waals surface area contributed by atoms with Gasteiger partial charge in [-0.25, -0.2) is 0 Å². The maximum Gasteiger partial charge on any atom is 0.174 e. The summed E-state index contributed by atoms with van der Waals surface area (Å²) in [5, 5.41) is 8.42. The highest BCUT2D eigenvalue weighted by atomic mass is 16.5. The molecular weight excluding hydrogens is 210 g/mol. The number of methoxy groups -OCH3 is 2. The quantitative estimate of drug-likeness (QED) is 0.703. The van der Waals surface area contributed by atoms with Gasteiger partial charge in [-0.05, 0) is 0 Å². The first kappa shape index (κ1) is 11.9. The van der Waals surface area contributed by atoms with Gasteiger partial charge >= 0.3 is 0 Å². The van der Waals surface area contributed by atoms with Crippen molar-refractivity contribution in [3.8, 4) is 23.3 Å². The molecule has 0 aliphatic carbocycles. The van der Waals surface area contributed by atoms with Crippen molar-refractivity contribution in [2.75, 3.05) is 20.8 Å². The summed E-state index contributed by atoms with van der Waals surface area (Å²) in [6, 6.07) is 4.93. The van der Waals surface area contributed by atoms with E-state index in [1.54, 1.807) is 6.07 Å². The number of nitrogens with zero attached hydrogens (tertiary/aromatic N) is 1. The standard InChI is InChI=1S/C11H11NO4/c1-14-8-5-10(15-2)9(7-13)11(6-8)16-4-3-12/h5-7H,4H2,1-2H3. The molecule has 5 heteroatoms. The predicted molar refractivity (Wildman–Crippen MR) is 56.0 cm³/mol. The molecule has 0 amide bonds. The van der Waals surface area contributed by atoms with Crippen molar-refractivity contribution in [2.45, 2.75) is 0 Å². The molecular formula is C11H11NO4. The van der Waals surface area contributed by atoms with E-state index in [9.17, 15) is 4.79 Å². The fraction of sp³-hybridized carbons (Fsp3) is 0.273. The van der Waals surface area contributed by atoms with Crippen LogP contribution in [0.5, 0.6) is 17.2 Å². The van der Waals surface area contributed by atoms with Crippen molar-refractivity contribution in [2.24, 2.45) is 0 Å². The number of aldehydes is 1. The third-order valence-corrected chi connectivity index (χ3v) is 1.94. The first-order valence-electron chi connectivity index (χ1n) is 4.47. The van der Waals surface area contributed by atoms with E-state index >= 15 is 0 Å². The molecule has 0 bridgehead atoms. The summed E-state index contributed by atoms with van der Waals surface area (Å²) >= 11 is 0. The van der Waals surface area contributed by atoms with Crippen molar-refractivity contribution >= 4 is 6.29 Å². The zero-order valence-electron chi connectivity index (χ0n) is 9.02. The maximum absolute atomic E-state index is 10.9. The van der Waals surface area contributed by atoms with E-state index in [4.69, 9.17) is 19.5 Å². The number of carbonyl (C=O) groups is 1. The lowest BCUT2D eigenvalue weighted by Gasteiger charge is -2.11. The lowest BCUT2D eigenvalue weighted by atomic mass is 10.2.